The van der Waals surface area contributed by atoms with Crippen molar-refractivity contribution in [1.82, 2.24) is 30.1 Å². The summed E-state index contributed by atoms with van der Waals surface area (Å²) in [7, 11) is 0. The van der Waals surface area contributed by atoms with Crippen molar-refractivity contribution in [2.24, 2.45) is 0 Å². The number of hydrogen-bond acceptors (Lipinski definition) is 8. The molecule has 0 aliphatic carbocycles. The largest absolute Gasteiger partial charge is 0.420 e. The van der Waals surface area contributed by atoms with Crippen LogP contribution >= 0.6 is 11.8 Å². The zero-order chi connectivity index (χ0) is 22.1. The molecule has 5 rings (SSSR count). The van der Waals surface area contributed by atoms with E-state index < -0.39 is 0 Å². The van der Waals surface area contributed by atoms with Gasteiger partial charge in [-0.1, -0.05) is 65.4 Å². The van der Waals surface area contributed by atoms with Crippen LogP contribution in [0.1, 0.15) is 23.0 Å². The molecule has 0 spiro atoms. The lowest BCUT2D eigenvalue weighted by Gasteiger charge is -2.10. The Morgan fingerprint density at radius 2 is 1.66 bits per heavy atom. The van der Waals surface area contributed by atoms with Crippen molar-refractivity contribution in [3.8, 4) is 28.4 Å². The summed E-state index contributed by atoms with van der Waals surface area (Å²) in [5, 5.41) is 22.0. The van der Waals surface area contributed by atoms with Crippen molar-refractivity contribution >= 4 is 11.8 Å². The lowest BCUT2D eigenvalue weighted by molar-refractivity contribution is 0.399. The Bertz CT molecular complexity index is 1370. The normalized spacial score (nSPS) is 11.2. The number of nitrogens with zero attached hydrogens (tertiary/aromatic N) is 6. The van der Waals surface area contributed by atoms with Gasteiger partial charge >= 0.3 is 0 Å². The molecule has 8 nitrogen and oxygen atoms in total. The molecule has 0 fully saturated rings. The Balaban J connectivity index is 1.40. The van der Waals surface area contributed by atoms with E-state index in [2.05, 4.69) is 44.6 Å². The van der Waals surface area contributed by atoms with Crippen LogP contribution in [0.25, 0.3) is 28.4 Å². The number of hydrogen-bond donors (Lipinski definition) is 0. The van der Waals surface area contributed by atoms with Gasteiger partial charge < -0.3 is 8.94 Å². The first-order chi connectivity index (χ1) is 15.6. The highest BCUT2D eigenvalue weighted by Gasteiger charge is 2.22. The number of aryl methyl sites for hydroxylation is 3. The molecular weight excluding hydrogens is 424 g/mol. The molecule has 2 aromatic carbocycles. The van der Waals surface area contributed by atoms with Gasteiger partial charge in [0.2, 0.25) is 5.89 Å². The molecule has 0 atom stereocenters. The van der Waals surface area contributed by atoms with E-state index in [0.29, 0.717) is 34.6 Å². The molecule has 160 valence electrons. The van der Waals surface area contributed by atoms with E-state index in [0.717, 1.165) is 27.8 Å². The van der Waals surface area contributed by atoms with Gasteiger partial charge in [0.25, 0.3) is 5.89 Å². The van der Waals surface area contributed by atoms with Crippen LogP contribution in [0.4, 0.5) is 0 Å². The third kappa shape index (κ3) is 3.71. The van der Waals surface area contributed by atoms with Crippen LogP contribution < -0.4 is 0 Å². The van der Waals surface area contributed by atoms with Crippen molar-refractivity contribution in [2.75, 3.05) is 0 Å². The van der Waals surface area contributed by atoms with E-state index in [1.165, 1.54) is 11.8 Å². The van der Waals surface area contributed by atoms with E-state index in [9.17, 15) is 0 Å². The van der Waals surface area contributed by atoms with Gasteiger partial charge in [-0.3, -0.25) is 4.57 Å². The summed E-state index contributed by atoms with van der Waals surface area (Å²) in [6.45, 7) is 5.84. The number of benzene rings is 2. The van der Waals surface area contributed by atoms with Crippen molar-refractivity contribution in [2.45, 2.75) is 31.7 Å². The fourth-order valence-electron chi connectivity index (χ4n) is 3.48. The fourth-order valence-corrected chi connectivity index (χ4v) is 4.31. The second-order valence-corrected chi connectivity index (χ2v) is 8.21. The predicted octanol–water partition coefficient (Wildman–Crippen LogP) is 5.19. The highest BCUT2D eigenvalue weighted by molar-refractivity contribution is 7.98. The molecule has 32 heavy (non-hydrogen) atoms. The monoisotopic (exact) mass is 444 g/mol. The molecule has 0 unspecified atom stereocenters. The summed E-state index contributed by atoms with van der Waals surface area (Å²) >= 11 is 1.49. The van der Waals surface area contributed by atoms with Gasteiger partial charge in [-0.25, -0.2) is 0 Å². The Morgan fingerprint density at radius 1 is 0.875 bits per heavy atom. The minimum absolute atomic E-state index is 0.384. The first-order valence-electron chi connectivity index (χ1n) is 10.1. The highest BCUT2D eigenvalue weighted by Crippen LogP contribution is 2.34. The lowest BCUT2D eigenvalue weighted by atomic mass is 10.1. The molecule has 0 saturated heterocycles. The minimum atomic E-state index is 0.384. The Labute approximate surface area is 188 Å². The highest BCUT2D eigenvalue weighted by atomic mass is 32.2. The average Bonchev–Trinajstić information content (AvgIpc) is 3.52. The third-order valence-corrected chi connectivity index (χ3v) is 5.98. The van der Waals surface area contributed by atoms with Crippen LogP contribution in [0.15, 0.2) is 68.7 Å². The van der Waals surface area contributed by atoms with Crippen LogP contribution in [-0.4, -0.2) is 30.1 Å². The summed E-state index contributed by atoms with van der Waals surface area (Å²) in [6, 6.07) is 17.9. The molecular formula is C23H20N6O2S. The molecule has 0 aliphatic heterocycles. The molecule has 9 heteroatoms. The zero-order valence-electron chi connectivity index (χ0n) is 17.8. The topological polar surface area (TPSA) is 95.7 Å². The molecule has 0 radical (unpaired) electrons. The van der Waals surface area contributed by atoms with Gasteiger partial charge in [0.05, 0.1) is 11.4 Å². The Morgan fingerprint density at radius 3 is 2.47 bits per heavy atom. The van der Waals surface area contributed by atoms with Gasteiger partial charge in [0.1, 0.15) is 22.8 Å². The molecule has 0 aliphatic rings. The summed E-state index contributed by atoms with van der Waals surface area (Å²) < 4.78 is 13.4. The quantitative estimate of drug-likeness (QED) is 0.330. The average molecular weight is 445 g/mol. The van der Waals surface area contributed by atoms with Gasteiger partial charge in [-0.15, -0.1) is 20.4 Å². The van der Waals surface area contributed by atoms with Crippen molar-refractivity contribution in [1.29, 1.82) is 0 Å². The number of aromatic nitrogens is 6. The first kappa shape index (κ1) is 20.2. The van der Waals surface area contributed by atoms with Crippen LogP contribution in [0.5, 0.6) is 0 Å². The van der Waals surface area contributed by atoms with Crippen molar-refractivity contribution in [3.63, 3.8) is 0 Å². The van der Waals surface area contributed by atoms with E-state index in [-0.39, 0.29) is 0 Å². The molecule has 5 aromatic rings. The molecule has 3 aromatic heterocycles. The third-order valence-electron chi connectivity index (χ3n) is 5.07. The summed E-state index contributed by atoms with van der Waals surface area (Å²) in [4.78, 5) is 0. The maximum atomic E-state index is 5.97. The number of thioether (sulfide) groups is 1. The smallest absolute Gasteiger partial charge is 0.253 e. The second kappa shape index (κ2) is 8.43. The number of para-hydroxylation sites is 1. The van der Waals surface area contributed by atoms with E-state index in [1.54, 1.807) is 0 Å². The molecule has 0 N–H and O–H groups in total. The second-order valence-electron chi connectivity index (χ2n) is 7.27. The molecule has 0 bridgehead atoms. The summed E-state index contributed by atoms with van der Waals surface area (Å²) in [5.41, 5.74) is 4.51. The van der Waals surface area contributed by atoms with Crippen molar-refractivity contribution in [3.05, 3.63) is 77.6 Å². The number of rotatable bonds is 6. The van der Waals surface area contributed by atoms with Crippen LogP contribution in [0, 0.1) is 20.8 Å². The van der Waals surface area contributed by atoms with E-state index in [1.807, 2.05) is 60.9 Å². The first-order valence-corrected chi connectivity index (χ1v) is 11.1. The van der Waals surface area contributed by atoms with Gasteiger partial charge in [-0.05, 0) is 32.4 Å². The Kier molecular flexibility index (Phi) is 5.32. The van der Waals surface area contributed by atoms with E-state index >= 15 is 0 Å². The Hall–Kier alpha value is -3.72. The zero-order valence-corrected chi connectivity index (χ0v) is 18.6. The van der Waals surface area contributed by atoms with Gasteiger partial charge in [0.15, 0.2) is 5.16 Å². The summed E-state index contributed by atoms with van der Waals surface area (Å²) in [5.74, 6) is 2.78. The maximum Gasteiger partial charge on any atom is 0.253 e. The lowest BCUT2D eigenvalue weighted by Crippen LogP contribution is -2.01. The SMILES string of the molecule is Cc1ccccc1-n1c(C)nnc1SCc1nnc(-c2c(-c3ccccc3)noc2C)o1. The van der Waals surface area contributed by atoms with Gasteiger partial charge in [0, 0.05) is 5.56 Å². The van der Waals surface area contributed by atoms with Crippen LogP contribution in [0.2, 0.25) is 0 Å². The fraction of sp³-hybridized carbons (Fsp3) is 0.174. The standard InChI is InChI=1S/C23H20N6O2S/c1-14-9-7-8-12-18(14)29-16(3)24-27-23(29)32-13-19-25-26-22(30-19)20-15(2)31-28-21(20)17-10-5-4-6-11-17/h4-12H,13H2,1-3H3. The van der Waals surface area contributed by atoms with Crippen LogP contribution in [-0.2, 0) is 5.75 Å². The maximum absolute atomic E-state index is 5.97. The molecule has 3 heterocycles. The predicted molar refractivity (Wildman–Crippen MR) is 120 cm³/mol. The summed E-state index contributed by atoms with van der Waals surface area (Å²) in [6.07, 6.45) is 0. The van der Waals surface area contributed by atoms with Crippen LogP contribution in [0.3, 0.4) is 0 Å². The molecule has 0 amide bonds. The van der Waals surface area contributed by atoms with Gasteiger partial charge in [-0.2, -0.15) is 0 Å². The van der Waals surface area contributed by atoms with E-state index in [4.69, 9.17) is 8.94 Å². The minimum Gasteiger partial charge on any atom is -0.420 e. The molecule has 0 saturated carbocycles. The van der Waals surface area contributed by atoms with Crippen molar-refractivity contribution < 1.29 is 8.94 Å².